The monoisotopic (exact) mass is 322 g/mol. The van der Waals surface area contributed by atoms with Crippen LogP contribution < -0.4 is 3.53 Å². The van der Waals surface area contributed by atoms with Crippen molar-refractivity contribution < 1.29 is 10.0 Å². The number of nitrogens with zero attached hydrogens (tertiary/aromatic N) is 1. The fourth-order valence-corrected chi connectivity index (χ4v) is 1.73. The van der Waals surface area contributed by atoms with Crippen LogP contribution in [-0.4, -0.2) is 10.0 Å². The average Bonchev–Trinajstić information content (AvgIpc) is 2.17. The Hall–Kier alpha value is -0.730. The van der Waals surface area contributed by atoms with E-state index in [2.05, 4.69) is 3.53 Å². The number of halogens is 1. The molecule has 2 N–H and O–H groups in total. The normalized spacial score (nSPS) is 12.5. The third kappa shape index (κ3) is 3.11. The van der Waals surface area contributed by atoms with Crippen molar-refractivity contribution in [2.45, 2.75) is 19.6 Å². The molecule has 1 rings (SSSR count). The molecule has 0 heterocycles. The van der Waals surface area contributed by atoms with Crippen LogP contribution in [0.2, 0.25) is 0 Å². The van der Waals surface area contributed by atoms with Gasteiger partial charge in [0, 0.05) is 35.5 Å². The lowest BCUT2D eigenvalue weighted by molar-refractivity contribution is -0.386. The van der Waals surface area contributed by atoms with Crippen LogP contribution in [0.15, 0.2) is 18.2 Å². The van der Waals surface area contributed by atoms with E-state index in [9.17, 15) is 15.2 Å². The van der Waals surface area contributed by atoms with Gasteiger partial charge in [0.1, 0.15) is 0 Å². The summed E-state index contributed by atoms with van der Waals surface area (Å²) in [6.07, 6.45) is -0.834. The van der Waals surface area contributed by atoms with Crippen molar-refractivity contribution in [1.82, 2.24) is 3.53 Å². The summed E-state index contributed by atoms with van der Waals surface area (Å²) in [5.74, 6) is 0. The fraction of sp³-hybridized carbons (Fsp3) is 0.333. The van der Waals surface area contributed by atoms with Crippen LogP contribution in [0.25, 0.3) is 0 Å². The molecule has 0 amide bonds. The van der Waals surface area contributed by atoms with Gasteiger partial charge in [0.05, 0.1) is 16.6 Å². The molecule has 0 radical (unpaired) electrons. The summed E-state index contributed by atoms with van der Waals surface area (Å²) in [5.41, 5.74) is 1.22. The lowest BCUT2D eigenvalue weighted by Gasteiger charge is -2.07. The zero-order valence-electron chi connectivity index (χ0n) is 8.11. The number of aliphatic hydroxyl groups excluding tert-OH is 1. The zero-order valence-corrected chi connectivity index (χ0v) is 10.3. The first-order chi connectivity index (χ1) is 7.06. The molecule has 15 heavy (non-hydrogen) atoms. The van der Waals surface area contributed by atoms with Gasteiger partial charge in [-0.3, -0.25) is 13.6 Å². The van der Waals surface area contributed by atoms with Gasteiger partial charge >= 0.3 is 0 Å². The number of benzene rings is 1. The molecule has 82 valence electrons. The van der Waals surface area contributed by atoms with Gasteiger partial charge in [0.25, 0.3) is 5.69 Å². The van der Waals surface area contributed by atoms with E-state index in [-0.39, 0.29) is 5.69 Å². The third-order valence-electron chi connectivity index (χ3n) is 2.01. The van der Waals surface area contributed by atoms with E-state index in [1.54, 1.807) is 12.1 Å². The van der Waals surface area contributed by atoms with Gasteiger partial charge in [0.2, 0.25) is 0 Å². The minimum atomic E-state index is -0.834. The fourth-order valence-electron chi connectivity index (χ4n) is 1.29. The Labute approximate surface area is 101 Å². The minimum Gasteiger partial charge on any atom is -0.388 e. The summed E-state index contributed by atoms with van der Waals surface area (Å²) in [6.45, 7) is 2.13. The largest absolute Gasteiger partial charge is 0.388 e. The van der Waals surface area contributed by atoms with Crippen LogP contribution in [0.4, 0.5) is 5.69 Å². The summed E-state index contributed by atoms with van der Waals surface area (Å²) in [4.78, 5) is 10.2. The third-order valence-corrected chi connectivity index (χ3v) is 2.39. The second-order valence-electron chi connectivity index (χ2n) is 3.14. The molecule has 0 spiro atoms. The topological polar surface area (TPSA) is 75.4 Å². The van der Waals surface area contributed by atoms with Crippen LogP contribution in [0, 0.1) is 10.1 Å². The summed E-state index contributed by atoms with van der Waals surface area (Å²) < 4.78 is 2.92. The molecule has 5 nitrogen and oxygen atoms in total. The molecule has 0 aromatic heterocycles. The molecular formula is C9H11IN2O3. The van der Waals surface area contributed by atoms with Crippen LogP contribution in [0.5, 0.6) is 0 Å². The van der Waals surface area contributed by atoms with E-state index >= 15 is 0 Å². The van der Waals surface area contributed by atoms with Crippen molar-refractivity contribution in [3.8, 4) is 0 Å². The van der Waals surface area contributed by atoms with Gasteiger partial charge in [-0.2, -0.15) is 0 Å². The Balaban J connectivity index is 3.15. The van der Waals surface area contributed by atoms with Crippen LogP contribution in [-0.2, 0) is 6.54 Å². The highest BCUT2D eigenvalue weighted by atomic mass is 127. The first-order valence-electron chi connectivity index (χ1n) is 4.35. The standard InChI is InChI=1S/C9H11IN2O3/c1-6(13)8-4-7(5-11-10)2-3-9(8)12(14)15/h2-4,6,11,13H,5H2,1H3. The van der Waals surface area contributed by atoms with Gasteiger partial charge in [-0.25, -0.2) is 0 Å². The van der Waals surface area contributed by atoms with Crippen molar-refractivity contribution in [2.75, 3.05) is 0 Å². The summed E-state index contributed by atoms with van der Waals surface area (Å²) in [7, 11) is 0. The van der Waals surface area contributed by atoms with Gasteiger partial charge in [-0.15, -0.1) is 0 Å². The smallest absolute Gasteiger partial charge is 0.275 e. The van der Waals surface area contributed by atoms with Crippen molar-refractivity contribution in [1.29, 1.82) is 0 Å². The van der Waals surface area contributed by atoms with Gasteiger partial charge in [-0.05, 0) is 18.6 Å². The highest BCUT2D eigenvalue weighted by Crippen LogP contribution is 2.25. The molecule has 1 unspecified atom stereocenters. The minimum absolute atomic E-state index is 0.0396. The van der Waals surface area contributed by atoms with Crippen molar-refractivity contribution in [3.63, 3.8) is 0 Å². The van der Waals surface area contributed by atoms with Crippen LogP contribution in [0.1, 0.15) is 24.2 Å². The van der Waals surface area contributed by atoms with E-state index in [0.29, 0.717) is 12.1 Å². The van der Waals surface area contributed by atoms with E-state index in [4.69, 9.17) is 0 Å². The quantitative estimate of drug-likeness (QED) is 0.385. The number of nitro benzene ring substituents is 1. The van der Waals surface area contributed by atoms with Gasteiger partial charge in [-0.1, -0.05) is 6.07 Å². The zero-order chi connectivity index (χ0) is 11.4. The van der Waals surface area contributed by atoms with Crippen molar-refractivity contribution in [2.24, 2.45) is 0 Å². The average molecular weight is 322 g/mol. The first kappa shape index (κ1) is 12.3. The molecule has 0 aliphatic rings. The number of hydrogen-bond donors (Lipinski definition) is 2. The molecule has 1 atom stereocenters. The maximum atomic E-state index is 10.7. The summed E-state index contributed by atoms with van der Waals surface area (Å²) in [5, 5.41) is 20.1. The highest BCUT2D eigenvalue weighted by Gasteiger charge is 2.17. The second-order valence-corrected chi connectivity index (χ2v) is 3.90. The van der Waals surface area contributed by atoms with Gasteiger partial charge in [0.15, 0.2) is 0 Å². The van der Waals surface area contributed by atoms with E-state index in [1.807, 2.05) is 22.9 Å². The van der Waals surface area contributed by atoms with Crippen LogP contribution in [0.3, 0.4) is 0 Å². The number of hydrogen-bond acceptors (Lipinski definition) is 4. The molecule has 0 fully saturated rings. The van der Waals surface area contributed by atoms with Crippen LogP contribution >= 0.6 is 22.9 Å². The lowest BCUT2D eigenvalue weighted by atomic mass is 10.0. The Bertz CT molecular complexity index is 368. The lowest BCUT2D eigenvalue weighted by Crippen LogP contribution is -2.03. The molecule has 6 heteroatoms. The highest BCUT2D eigenvalue weighted by molar-refractivity contribution is 14.1. The number of nitro groups is 1. The maximum absolute atomic E-state index is 10.7. The molecule has 0 bridgehead atoms. The predicted octanol–water partition coefficient (Wildman–Crippen LogP) is 2.09. The first-order valence-corrected chi connectivity index (χ1v) is 5.43. The Morgan fingerprint density at radius 1 is 1.67 bits per heavy atom. The Kier molecular flexibility index (Phi) is 4.43. The number of rotatable bonds is 4. The van der Waals surface area contributed by atoms with Gasteiger partial charge < -0.3 is 5.11 Å². The number of nitrogens with one attached hydrogen (secondary N) is 1. The van der Waals surface area contributed by atoms with E-state index < -0.39 is 11.0 Å². The molecule has 0 saturated carbocycles. The van der Waals surface area contributed by atoms with E-state index in [0.717, 1.165) is 5.56 Å². The molecular weight excluding hydrogens is 311 g/mol. The van der Waals surface area contributed by atoms with Crippen molar-refractivity contribution >= 4 is 28.6 Å². The predicted molar refractivity (Wildman–Crippen MR) is 64.6 cm³/mol. The Morgan fingerprint density at radius 3 is 2.80 bits per heavy atom. The molecule has 0 aliphatic carbocycles. The van der Waals surface area contributed by atoms with E-state index in [1.165, 1.54) is 13.0 Å². The second kappa shape index (κ2) is 5.38. The van der Waals surface area contributed by atoms with Crippen molar-refractivity contribution in [3.05, 3.63) is 39.4 Å². The molecule has 1 aromatic rings. The molecule has 0 saturated heterocycles. The Morgan fingerprint density at radius 2 is 2.33 bits per heavy atom. The number of aliphatic hydroxyl groups is 1. The molecule has 1 aromatic carbocycles. The summed E-state index contributed by atoms with van der Waals surface area (Å²) in [6, 6.07) is 4.75. The summed E-state index contributed by atoms with van der Waals surface area (Å²) >= 11 is 2.00. The SMILES string of the molecule is CC(O)c1cc(CNI)ccc1[N+](=O)[O-]. The molecule has 0 aliphatic heterocycles. The maximum Gasteiger partial charge on any atom is 0.275 e.